The lowest BCUT2D eigenvalue weighted by Crippen LogP contribution is -2.45. The average Bonchev–Trinajstić information content (AvgIpc) is 3.07. The lowest BCUT2D eigenvalue weighted by atomic mass is 9.90. The van der Waals surface area contributed by atoms with Gasteiger partial charge in [0, 0.05) is 18.8 Å². The van der Waals surface area contributed by atoms with Crippen LogP contribution < -0.4 is 15.4 Å². The Labute approximate surface area is 202 Å². The molecule has 9 heteroatoms. The number of anilines is 1. The fourth-order valence-corrected chi connectivity index (χ4v) is 4.00. The third-order valence-electron chi connectivity index (χ3n) is 6.06. The van der Waals surface area contributed by atoms with Crippen molar-refractivity contribution in [3.05, 3.63) is 72.3 Å². The molecule has 0 saturated carbocycles. The van der Waals surface area contributed by atoms with E-state index < -0.39 is 35.8 Å². The number of amides is 5. The van der Waals surface area contributed by atoms with Crippen molar-refractivity contribution in [3.8, 4) is 5.75 Å². The van der Waals surface area contributed by atoms with E-state index in [-0.39, 0.29) is 6.54 Å². The zero-order valence-corrected chi connectivity index (χ0v) is 19.7. The van der Waals surface area contributed by atoms with Gasteiger partial charge in [0.25, 0.3) is 5.91 Å². The van der Waals surface area contributed by atoms with Crippen molar-refractivity contribution >= 4 is 40.2 Å². The maximum atomic E-state index is 13.2. The van der Waals surface area contributed by atoms with Gasteiger partial charge < -0.3 is 20.3 Å². The van der Waals surface area contributed by atoms with E-state index in [2.05, 4.69) is 10.6 Å². The molecule has 4 rings (SSSR count). The van der Waals surface area contributed by atoms with Crippen molar-refractivity contribution in [1.82, 2.24) is 15.1 Å². The van der Waals surface area contributed by atoms with Crippen molar-refractivity contribution < 1.29 is 23.9 Å². The Morgan fingerprint density at radius 2 is 1.77 bits per heavy atom. The molecule has 1 heterocycles. The van der Waals surface area contributed by atoms with Crippen LogP contribution in [0, 0.1) is 0 Å². The van der Waals surface area contributed by atoms with Crippen LogP contribution in [0.25, 0.3) is 10.8 Å². The van der Waals surface area contributed by atoms with E-state index in [1.807, 2.05) is 36.4 Å². The zero-order chi connectivity index (χ0) is 25.2. The Morgan fingerprint density at radius 3 is 2.51 bits per heavy atom. The number of benzene rings is 3. The molecule has 0 bridgehead atoms. The van der Waals surface area contributed by atoms with Crippen molar-refractivity contribution in [3.63, 3.8) is 0 Å². The standard InChI is InChI=1S/C26H26N4O5/c1-26(19-12-11-17-7-4-5-8-18(17)13-19)24(33)30(25(34)28-26)16-23(32)29(2)15-22(31)27-20-9-6-10-21(14-20)35-3/h4-14H,15-16H2,1-3H3,(H,27,31)(H,28,34)/t26-/m1/s1. The number of carbonyl (C=O) groups excluding carboxylic acids is 4. The first kappa shape index (κ1) is 23.7. The topological polar surface area (TPSA) is 108 Å². The van der Waals surface area contributed by atoms with E-state index in [0.29, 0.717) is 17.0 Å². The number of methoxy groups -OCH3 is 1. The molecule has 0 aliphatic carbocycles. The number of rotatable bonds is 7. The van der Waals surface area contributed by atoms with Crippen LogP contribution in [-0.2, 0) is 19.9 Å². The maximum Gasteiger partial charge on any atom is 0.325 e. The summed E-state index contributed by atoms with van der Waals surface area (Å²) in [6.07, 6.45) is 0. The summed E-state index contributed by atoms with van der Waals surface area (Å²) in [4.78, 5) is 53.1. The normalized spacial score (nSPS) is 17.3. The SMILES string of the molecule is COc1cccc(NC(=O)CN(C)C(=O)CN2C(=O)N[C@](C)(c3ccc4ccccc4c3)C2=O)c1. The highest BCUT2D eigenvalue weighted by molar-refractivity contribution is 6.09. The first-order chi connectivity index (χ1) is 16.7. The second-order valence-corrected chi connectivity index (χ2v) is 8.54. The summed E-state index contributed by atoms with van der Waals surface area (Å²) in [6, 6.07) is 19.4. The molecule has 0 unspecified atom stereocenters. The molecule has 1 fully saturated rings. The second kappa shape index (κ2) is 9.46. The number of nitrogens with one attached hydrogen (secondary N) is 2. The molecule has 1 aliphatic rings. The first-order valence-electron chi connectivity index (χ1n) is 11.0. The first-order valence-corrected chi connectivity index (χ1v) is 11.0. The lowest BCUT2D eigenvalue weighted by molar-refractivity contribution is -0.139. The molecular weight excluding hydrogens is 448 g/mol. The van der Waals surface area contributed by atoms with Crippen LogP contribution in [0.3, 0.4) is 0 Å². The third kappa shape index (κ3) is 4.79. The second-order valence-electron chi connectivity index (χ2n) is 8.54. The van der Waals surface area contributed by atoms with Gasteiger partial charge in [-0.3, -0.25) is 19.3 Å². The predicted octanol–water partition coefficient (Wildman–Crippen LogP) is 2.71. The summed E-state index contributed by atoms with van der Waals surface area (Å²) in [5, 5.41) is 7.35. The van der Waals surface area contributed by atoms with Gasteiger partial charge in [-0.25, -0.2) is 4.79 Å². The predicted molar refractivity (Wildman–Crippen MR) is 131 cm³/mol. The summed E-state index contributed by atoms with van der Waals surface area (Å²) < 4.78 is 5.13. The molecule has 180 valence electrons. The highest BCUT2D eigenvalue weighted by Gasteiger charge is 2.49. The molecule has 3 aromatic carbocycles. The molecule has 2 N–H and O–H groups in total. The Morgan fingerprint density at radius 1 is 1.03 bits per heavy atom. The number of imide groups is 1. The average molecular weight is 475 g/mol. The van der Waals surface area contributed by atoms with Gasteiger partial charge >= 0.3 is 6.03 Å². The van der Waals surface area contributed by atoms with E-state index in [1.54, 1.807) is 37.3 Å². The van der Waals surface area contributed by atoms with Gasteiger partial charge in [0.2, 0.25) is 11.8 Å². The van der Waals surface area contributed by atoms with Gasteiger partial charge in [0.05, 0.1) is 13.7 Å². The molecule has 0 aromatic heterocycles. The van der Waals surface area contributed by atoms with Gasteiger partial charge in [-0.1, -0.05) is 42.5 Å². The molecule has 35 heavy (non-hydrogen) atoms. The van der Waals surface area contributed by atoms with Crippen molar-refractivity contribution in [2.45, 2.75) is 12.5 Å². The van der Waals surface area contributed by atoms with Crippen LogP contribution in [0.15, 0.2) is 66.7 Å². The number of nitrogens with zero attached hydrogens (tertiary/aromatic N) is 2. The molecule has 9 nitrogen and oxygen atoms in total. The monoisotopic (exact) mass is 474 g/mol. The molecular formula is C26H26N4O5. The van der Waals surface area contributed by atoms with Gasteiger partial charge in [-0.05, 0) is 41.5 Å². The minimum Gasteiger partial charge on any atom is -0.497 e. The highest BCUT2D eigenvalue weighted by Crippen LogP contribution is 2.31. The summed E-state index contributed by atoms with van der Waals surface area (Å²) in [7, 11) is 2.96. The summed E-state index contributed by atoms with van der Waals surface area (Å²) >= 11 is 0. The van der Waals surface area contributed by atoms with Gasteiger partial charge in [0.1, 0.15) is 17.8 Å². The molecule has 1 atom stereocenters. The molecule has 1 saturated heterocycles. The van der Waals surface area contributed by atoms with Crippen LogP contribution in [0.1, 0.15) is 12.5 Å². The van der Waals surface area contributed by atoms with Crippen LogP contribution in [0.4, 0.5) is 10.5 Å². The number of carbonyl (C=O) groups is 4. The lowest BCUT2D eigenvalue weighted by Gasteiger charge is -2.23. The number of hydrogen-bond acceptors (Lipinski definition) is 5. The van der Waals surface area contributed by atoms with E-state index >= 15 is 0 Å². The van der Waals surface area contributed by atoms with Crippen LogP contribution >= 0.6 is 0 Å². The molecule has 0 spiro atoms. The Hall–Kier alpha value is -4.40. The van der Waals surface area contributed by atoms with Crippen LogP contribution in [0.2, 0.25) is 0 Å². The minimum absolute atomic E-state index is 0.248. The van der Waals surface area contributed by atoms with Crippen molar-refractivity contribution in [1.29, 1.82) is 0 Å². The summed E-state index contributed by atoms with van der Waals surface area (Å²) in [5.74, 6) is -0.912. The molecule has 1 aliphatic heterocycles. The quantitative estimate of drug-likeness (QED) is 0.512. The fraction of sp³-hybridized carbons (Fsp3) is 0.231. The van der Waals surface area contributed by atoms with Crippen LogP contribution in [0.5, 0.6) is 5.75 Å². The minimum atomic E-state index is -1.30. The zero-order valence-electron chi connectivity index (χ0n) is 19.7. The Balaban J connectivity index is 1.41. The summed E-state index contributed by atoms with van der Waals surface area (Å²) in [6.45, 7) is 0.894. The number of urea groups is 1. The van der Waals surface area contributed by atoms with E-state index in [0.717, 1.165) is 15.7 Å². The van der Waals surface area contributed by atoms with E-state index in [4.69, 9.17) is 4.74 Å². The van der Waals surface area contributed by atoms with Crippen LogP contribution in [-0.4, -0.2) is 60.8 Å². The van der Waals surface area contributed by atoms with Crippen molar-refractivity contribution in [2.24, 2.45) is 0 Å². The molecule has 3 aromatic rings. The molecule has 0 radical (unpaired) electrons. The fourth-order valence-electron chi connectivity index (χ4n) is 4.00. The molecule has 5 amide bonds. The Kier molecular flexibility index (Phi) is 6.42. The Bertz CT molecular complexity index is 1320. The number of ether oxygens (including phenoxy) is 1. The number of fused-ring (bicyclic) bond motifs is 1. The smallest absolute Gasteiger partial charge is 0.325 e. The number of hydrogen-bond donors (Lipinski definition) is 2. The maximum absolute atomic E-state index is 13.2. The van der Waals surface area contributed by atoms with Gasteiger partial charge in [-0.15, -0.1) is 0 Å². The number of likely N-dealkylation sites (N-methyl/N-ethyl adjacent to an activating group) is 1. The summed E-state index contributed by atoms with van der Waals surface area (Å²) in [5.41, 5.74) is -0.157. The van der Waals surface area contributed by atoms with E-state index in [9.17, 15) is 19.2 Å². The van der Waals surface area contributed by atoms with Gasteiger partial charge in [-0.2, -0.15) is 0 Å². The third-order valence-corrected chi connectivity index (χ3v) is 6.06. The highest BCUT2D eigenvalue weighted by atomic mass is 16.5. The van der Waals surface area contributed by atoms with Gasteiger partial charge in [0.15, 0.2) is 0 Å². The largest absolute Gasteiger partial charge is 0.497 e. The van der Waals surface area contributed by atoms with Crippen molar-refractivity contribution in [2.75, 3.05) is 32.6 Å². The van der Waals surface area contributed by atoms with E-state index in [1.165, 1.54) is 19.1 Å².